The quantitative estimate of drug-likeness (QED) is 0.508. The van der Waals surface area contributed by atoms with E-state index in [4.69, 9.17) is 4.42 Å². The molecule has 0 saturated carbocycles. The number of piperidine rings is 1. The minimum atomic E-state index is 0.0127. The van der Waals surface area contributed by atoms with Crippen molar-refractivity contribution in [1.82, 2.24) is 25.4 Å². The van der Waals surface area contributed by atoms with E-state index in [9.17, 15) is 4.79 Å². The second-order valence-corrected chi connectivity index (χ2v) is 8.67. The third kappa shape index (κ3) is 6.56. The van der Waals surface area contributed by atoms with Crippen LogP contribution in [0.2, 0.25) is 0 Å². The van der Waals surface area contributed by atoms with Crippen molar-refractivity contribution < 1.29 is 9.21 Å². The first-order chi connectivity index (χ1) is 15.4. The first kappa shape index (κ1) is 23.8. The topological polar surface area (TPSA) is 86.0 Å². The van der Waals surface area contributed by atoms with Gasteiger partial charge in [-0.25, -0.2) is 4.98 Å². The Morgan fingerprint density at radius 1 is 1.19 bits per heavy atom. The van der Waals surface area contributed by atoms with Gasteiger partial charge in [0.05, 0.1) is 12.2 Å². The minimum Gasteiger partial charge on any atom is -0.444 e. The summed E-state index contributed by atoms with van der Waals surface area (Å²) in [6, 6.07) is 7.68. The van der Waals surface area contributed by atoms with Crippen LogP contribution in [0.15, 0.2) is 33.7 Å². The Morgan fingerprint density at radius 3 is 2.44 bits per heavy atom. The number of carbonyl (C=O) groups excluding carboxylic acids is 1. The van der Waals surface area contributed by atoms with E-state index in [1.807, 2.05) is 38.1 Å². The van der Waals surface area contributed by atoms with Crippen molar-refractivity contribution in [2.45, 2.75) is 39.8 Å². The van der Waals surface area contributed by atoms with E-state index in [0.29, 0.717) is 18.0 Å². The number of aryl methyl sites for hydroxylation is 2. The van der Waals surface area contributed by atoms with Gasteiger partial charge in [0.1, 0.15) is 5.76 Å². The van der Waals surface area contributed by atoms with Gasteiger partial charge in [0.25, 0.3) is 5.91 Å². The molecule has 8 nitrogen and oxygen atoms in total. The van der Waals surface area contributed by atoms with E-state index in [1.54, 1.807) is 26.0 Å². The average Bonchev–Trinajstić information content (AvgIpc) is 3.11. The molecule has 1 aromatic heterocycles. The Kier molecular flexibility index (Phi) is 8.27. The molecule has 1 aliphatic rings. The molecule has 0 unspecified atom stereocenters. The molecular formula is C24H36N6O2. The second-order valence-electron chi connectivity index (χ2n) is 8.67. The van der Waals surface area contributed by atoms with Crippen LogP contribution < -0.4 is 10.6 Å². The Balaban J connectivity index is 1.38. The highest BCUT2D eigenvalue weighted by Gasteiger charge is 2.21. The van der Waals surface area contributed by atoms with Gasteiger partial charge in [0.2, 0.25) is 5.89 Å². The molecular weight excluding hydrogens is 404 g/mol. The van der Waals surface area contributed by atoms with Gasteiger partial charge in [-0.15, -0.1) is 0 Å². The van der Waals surface area contributed by atoms with E-state index < -0.39 is 0 Å². The molecule has 1 saturated heterocycles. The summed E-state index contributed by atoms with van der Waals surface area (Å²) in [4.78, 5) is 24.8. The van der Waals surface area contributed by atoms with Gasteiger partial charge in [0, 0.05) is 39.8 Å². The molecule has 1 fully saturated rings. The summed E-state index contributed by atoms with van der Waals surface area (Å²) in [7, 11) is 5.31. The third-order valence-electron chi connectivity index (χ3n) is 5.99. The maximum atomic E-state index is 12.0. The Labute approximate surface area is 191 Å². The SMILES string of the molecule is CN=C(NCc1ccc(C(=O)N(C)C)cc1)NCC1CCN(Cc2nc(C)c(C)o2)CC1. The van der Waals surface area contributed by atoms with Gasteiger partial charge < -0.3 is 20.0 Å². The monoisotopic (exact) mass is 440 g/mol. The number of oxazole rings is 1. The van der Waals surface area contributed by atoms with E-state index >= 15 is 0 Å². The van der Waals surface area contributed by atoms with Crippen LogP contribution in [-0.2, 0) is 13.1 Å². The van der Waals surface area contributed by atoms with Crippen molar-refractivity contribution in [2.24, 2.45) is 10.9 Å². The van der Waals surface area contributed by atoms with Crippen molar-refractivity contribution >= 4 is 11.9 Å². The summed E-state index contributed by atoms with van der Waals surface area (Å²) in [5.41, 5.74) is 2.78. The lowest BCUT2D eigenvalue weighted by atomic mass is 9.97. The average molecular weight is 441 g/mol. The van der Waals surface area contributed by atoms with Crippen LogP contribution in [0, 0.1) is 19.8 Å². The number of benzene rings is 1. The van der Waals surface area contributed by atoms with Gasteiger partial charge >= 0.3 is 0 Å². The molecule has 0 spiro atoms. The fourth-order valence-electron chi connectivity index (χ4n) is 3.82. The molecule has 0 bridgehead atoms. The molecule has 8 heteroatoms. The highest BCUT2D eigenvalue weighted by Crippen LogP contribution is 2.19. The number of aliphatic imine (C=N–C) groups is 1. The number of aromatic nitrogens is 1. The molecule has 0 aliphatic carbocycles. The highest BCUT2D eigenvalue weighted by molar-refractivity contribution is 5.93. The molecule has 0 radical (unpaired) electrons. The number of rotatable bonds is 7. The zero-order chi connectivity index (χ0) is 23.1. The Bertz CT molecular complexity index is 892. The normalized spacial score (nSPS) is 15.6. The van der Waals surface area contributed by atoms with Crippen molar-refractivity contribution in [2.75, 3.05) is 40.8 Å². The lowest BCUT2D eigenvalue weighted by Gasteiger charge is -2.31. The van der Waals surface area contributed by atoms with Gasteiger partial charge in [-0.3, -0.25) is 14.7 Å². The number of amides is 1. The number of guanidine groups is 1. The van der Waals surface area contributed by atoms with Crippen LogP contribution in [0.1, 0.15) is 46.1 Å². The summed E-state index contributed by atoms with van der Waals surface area (Å²) in [5.74, 6) is 3.16. The zero-order valence-corrected chi connectivity index (χ0v) is 19.9. The van der Waals surface area contributed by atoms with Crippen LogP contribution in [0.25, 0.3) is 0 Å². The smallest absolute Gasteiger partial charge is 0.253 e. The fraction of sp³-hybridized carbons (Fsp3) is 0.542. The molecule has 2 aromatic rings. The summed E-state index contributed by atoms with van der Waals surface area (Å²) in [6.45, 7) is 8.41. The van der Waals surface area contributed by atoms with Gasteiger partial charge in [0.15, 0.2) is 5.96 Å². The van der Waals surface area contributed by atoms with Gasteiger partial charge in [-0.2, -0.15) is 0 Å². The molecule has 1 amide bonds. The summed E-state index contributed by atoms with van der Waals surface area (Å²) < 4.78 is 5.72. The summed E-state index contributed by atoms with van der Waals surface area (Å²) >= 11 is 0. The Hall–Kier alpha value is -2.87. The van der Waals surface area contributed by atoms with E-state index in [2.05, 4.69) is 25.5 Å². The predicted octanol–water partition coefficient (Wildman–Crippen LogP) is 2.57. The maximum Gasteiger partial charge on any atom is 0.253 e. The maximum absolute atomic E-state index is 12.0. The van der Waals surface area contributed by atoms with Crippen molar-refractivity contribution in [3.8, 4) is 0 Å². The molecule has 1 aliphatic heterocycles. The molecule has 3 rings (SSSR count). The molecule has 32 heavy (non-hydrogen) atoms. The molecule has 174 valence electrons. The molecule has 2 heterocycles. The second kappa shape index (κ2) is 11.1. The number of hydrogen-bond donors (Lipinski definition) is 2. The van der Waals surface area contributed by atoms with Gasteiger partial charge in [-0.05, 0) is 63.4 Å². The first-order valence-corrected chi connectivity index (χ1v) is 11.3. The summed E-state index contributed by atoms with van der Waals surface area (Å²) in [6.07, 6.45) is 2.29. The molecule has 0 atom stereocenters. The predicted molar refractivity (Wildman–Crippen MR) is 127 cm³/mol. The van der Waals surface area contributed by atoms with Crippen molar-refractivity contribution in [1.29, 1.82) is 0 Å². The van der Waals surface area contributed by atoms with Gasteiger partial charge in [-0.1, -0.05) is 12.1 Å². The lowest BCUT2D eigenvalue weighted by Crippen LogP contribution is -2.42. The standard InChI is InChI=1S/C24H36N6O2/c1-17-18(2)32-22(28-17)16-30-12-10-20(11-13-30)15-27-24(25-3)26-14-19-6-8-21(9-7-19)23(31)29(4)5/h6-9,20H,10-16H2,1-5H3,(H2,25,26,27). The third-order valence-corrected chi connectivity index (χ3v) is 5.99. The molecule has 2 N–H and O–H groups in total. The fourth-order valence-corrected chi connectivity index (χ4v) is 3.82. The van der Waals surface area contributed by atoms with Crippen LogP contribution in [0.4, 0.5) is 0 Å². The van der Waals surface area contributed by atoms with Crippen LogP contribution >= 0.6 is 0 Å². The van der Waals surface area contributed by atoms with Crippen LogP contribution in [0.5, 0.6) is 0 Å². The van der Waals surface area contributed by atoms with Crippen molar-refractivity contribution in [3.63, 3.8) is 0 Å². The number of nitrogens with one attached hydrogen (secondary N) is 2. The van der Waals surface area contributed by atoms with Crippen LogP contribution in [-0.4, -0.2) is 67.4 Å². The number of hydrogen-bond acceptors (Lipinski definition) is 5. The number of nitrogens with zero attached hydrogens (tertiary/aromatic N) is 4. The molecule has 1 aromatic carbocycles. The minimum absolute atomic E-state index is 0.0127. The van der Waals surface area contributed by atoms with Crippen LogP contribution in [0.3, 0.4) is 0 Å². The van der Waals surface area contributed by atoms with Crippen molar-refractivity contribution in [3.05, 3.63) is 52.7 Å². The van der Waals surface area contributed by atoms with E-state index in [1.165, 1.54) is 0 Å². The first-order valence-electron chi connectivity index (χ1n) is 11.3. The number of likely N-dealkylation sites (tertiary alicyclic amines) is 1. The largest absolute Gasteiger partial charge is 0.444 e. The Morgan fingerprint density at radius 2 is 1.88 bits per heavy atom. The highest BCUT2D eigenvalue weighted by atomic mass is 16.4. The summed E-state index contributed by atoms with van der Waals surface area (Å²) in [5, 5.41) is 6.82. The van der Waals surface area contributed by atoms with E-state index in [-0.39, 0.29) is 5.91 Å². The number of carbonyl (C=O) groups is 1. The zero-order valence-electron chi connectivity index (χ0n) is 19.9. The lowest BCUT2D eigenvalue weighted by molar-refractivity contribution is 0.0827. The van der Waals surface area contributed by atoms with E-state index in [0.717, 1.165) is 67.9 Å².